The van der Waals surface area contributed by atoms with Crippen LogP contribution in [-0.2, 0) is 9.84 Å². The molecule has 1 heterocycles. The Hall–Kier alpha value is -1.61. The molecule has 0 saturated heterocycles. The second kappa shape index (κ2) is 4.72. The van der Waals surface area contributed by atoms with E-state index in [4.69, 9.17) is 5.26 Å². The van der Waals surface area contributed by atoms with Crippen LogP contribution in [0.1, 0.15) is 19.5 Å². The van der Waals surface area contributed by atoms with Gasteiger partial charge >= 0.3 is 0 Å². The quantitative estimate of drug-likeness (QED) is 0.871. The number of sulfone groups is 1. The van der Waals surface area contributed by atoms with Gasteiger partial charge in [0, 0.05) is 19.0 Å². The highest BCUT2D eigenvalue weighted by molar-refractivity contribution is 7.92. The van der Waals surface area contributed by atoms with Gasteiger partial charge in [0.05, 0.1) is 10.4 Å². The van der Waals surface area contributed by atoms with Crippen LogP contribution in [-0.4, -0.2) is 30.9 Å². The monoisotopic (exact) mass is 253 g/mol. The number of anilines is 1. The van der Waals surface area contributed by atoms with Gasteiger partial charge in [-0.05, 0) is 26.0 Å². The lowest BCUT2D eigenvalue weighted by Gasteiger charge is -2.23. The van der Waals surface area contributed by atoms with Gasteiger partial charge in [0.2, 0.25) is 0 Å². The standard InChI is InChI=1S/C11H15N3O2S/c1-11(2,17(3,15)16)8-14-9-5-4-6-13-10(9)7-12/h4-6,14H,8H2,1-3H3. The second-order valence-corrected chi connectivity index (χ2v) is 7.05. The molecule has 0 aliphatic heterocycles. The van der Waals surface area contributed by atoms with Gasteiger partial charge in [-0.15, -0.1) is 0 Å². The van der Waals surface area contributed by atoms with Crippen molar-refractivity contribution in [1.82, 2.24) is 4.98 Å². The Morgan fingerprint density at radius 3 is 2.71 bits per heavy atom. The fraction of sp³-hybridized carbons (Fsp3) is 0.455. The van der Waals surface area contributed by atoms with Crippen LogP contribution in [0.4, 0.5) is 5.69 Å². The maximum atomic E-state index is 11.5. The molecule has 1 rings (SSSR count). The molecule has 0 fully saturated rings. The molecule has 0 amide bonds. The molecule has 6 heteroatoms. The first-order chi connectivity index (χ1) is 7.78. The largest absolute Gasteiger partial charge is 0.381 e. The van der Waals surface area contributed by atoms with Crippen LogP contribution in [0.3, 0.4) is 0 Å². The molecule has 0 unspecified atom stereocenters. The topological polar surface area (TPSA) is 82.8 Å². The molecule has 0 aliphatic carbocycles. The predicted octanol–water partition coefficient (Wildman–Crippen LogP) is 1.19. The van der Waals surface area contributed by atoms with E-state index in [2.05, 4.69) is 10.3 Å². The summed E-state index contributed by atoms with van der Waals surface area (Å²) in [7, 11) is -3.16. The summed E-state index contributed by atoms with van der Waals surface area (Å²) in [4.78, 5) is 3.89. The molecule has 0 aromatic carbocycles. The van der Waals surface area contributed by atoms with Crippen LogP contribution >= 0.6 is 0 Å². The Morgan fingerprint density at radius 1 is 1.53 bits per heavy atom. The van der Waals surface area contributed by atoms with Crippen LogP contribution in [0.5, 0.6) is 0 Å². The summed E-state index contributed by atoms with van der Waals surface area (Å²) in [6, 6.07) is 5.34. The van der Waals surface area contributed by atoms with Crippen molar-refractivity contribution in [2.45, 2.75) is 18.6 Å². The van der Waals surface area contributed by atoms with E-state index < -0.39 is 14.6 Å². The van der Waals surface area contributed by atoms with Crippen molar-refractivity contribution >= 4 is 15.5 Å². The van der Waals surface area contributed by atoms with E-state index in [0.29, 0.717) is 5.69 Å². The van der Waals surface area contributed by atoms with Gasteiger partial charge in [0.1, 0.15) is 6.07 Å². The molecule has 1 aromatic rings. The molecule has 0 aliphatic rings. The van der Waals surface area contributed by atoms with Crippen LogP contribution < -0.4 is 5.32 Å². The Bertz CT molecular complexity index is 544. The van der Waals surface area contributed by atoms with Crippen LogP contribution in [0.25, 0.3) is 0 Å². The van der Waals surface area contributed by atoms with Gasteiger partial charge in [0.15, 0.2) is 15.5 Å². The first kappa shape index (κ1) is 13.5. The molecular weight excluding hydrogens is 238 g/mol. The number of nitrogens with zero attached hydrogens (tertiary/aromatic N) is 2. The summed E-state index contributed by atoms with van der Waals surface area (Å²) < 4.78 is 22.1. The third-order valence-corrected chi connectivity index (χ3v) is 4.77. The molecule has 5 nitrogen and oxygen atoms in total. The summed E-state index contributed by atoms with van der Waals surface area (Å²) in [5.41, 5.74) is 0.809. The van der Waals surface area contributed by atoms with E-state index >= 15 is 0 Å². The summed E-state index contributed by atoms with van der Waals surface area (Å²) in [6.07, 6.45) is 2.72. The molecule has 0 saturated carbocycles. The van der Waals surface area contributed by atoms with Gasteiger partial charge in [-0.2, -0.15) is 5.26 Å². The van der Waals surface area contributed by atoms with Crippen molar-refractivity contribution in [3.05, 3.63) is 24.0 Å². The number of hydrogen-bond acceptors (Lipinski definition) is 5. The minimum absolute atomic E-state index is 0.228. The Morgan fingerprint density at radius 2 is 2.18 bits per heavy atom. The average Bonchev–Trinajstić information content (AvgIpc) is 2.25. The molecule has 0 bridgehead atoms. The zero-order valence-corrected chi connectivity index (χ0v) is 10.9. The lowest BCUT2D eigenvalue weighted by Crippen LogP contribution is -2.38. The maximum absolute atomic E-state index is 11.5. The zero-order valence-electron chi connectivity index (χ0n) is 10.1. The van der Waals surface area contributed by atoms with Crippen LogP contribution in [0, 0.1) is 11.3 Å². The van der Waals surface area contributed by atoms with Gasteiger partial charge in [-0.1, -0.05) is 0 Å². The minimum atomic E-state index is -3.16. The van der Waals surface area contributed by atoms with Crippen molar-refractivity contribution in [2.24, 2.45) is 0 Å². The van der Waals surface area contributed by atoms with E-state index in [1.165, 1.54) is 12.5 Å². The summed E-state index contributed by atoms with van der Waals surface area (Å²) >= 11 is 0. The first-order valence-electron chi connectivity index (χ1n) is 5.06. The second-order valence-electron chi connectivity index (χ2n) is 4.40. The van der Waals surface area contributed by atoms with Gasteiger partial charge in [-0.25, -0.2) is 13.4 Å². The Kier molecular flexibility index (Phi) is 3.73. The fourth-order valence-corrected chi connectivity index (χ4v) is 1.41. The molecule has 0 atom stereocenters. The zero-order chi connectivity index (χ0) is 13.1. The minimum Gasteiger partial charge on any atom is -0.381 e. The number of pyridine rings is 1. The van der Waals surface area contributed by atoms with Gasteiger partial charge < -0.3 is 5.32 Å². The highest BCUT2D eigenvalue weighted by Gasteiger charge is 2.30. The van der Waals surface area contributed by atoms with Gasteiger partial charge in [0.25, 0.3) is 0 Å². The fourth-order valence-electron chi connectivity index (χ4n) is 1.08. The third kappa shape index (κ3) is 3.17. The molecule has 0 spiro atoms. The summed E-state index contributed by atoms with van der Waals surface area (Å²) in [6.45, 7) is 3.50. The summed E-state index contributed by atoms with van der Waals surface area (Å²) in [5.74, 6) is 0. The van der Waals surface area contributed by atoms with Crippen LogP contribution in [0.15, 0.2) is 18.3 Å². The molecule has 1 N–H and O–H groups in total. The number of aromatic nitrogens is 1. The third-order valence-electron chi connectivity index (χ3n) is 2.62. The number of rotatable bonds is 4. The number of nitriles is 1. The molecule has 92 valence electrons. The SMILES string of the molecule is CC(C)(CNc1cccnc1C#N)S(C)(=O)=O. The normalized spacial score (nSPS) is 11.9. The van der Waals surface area contributed by atoms with Crippen molar-refractivity contribution < 1.29 is 8.42 Å². The van der Waals surface area contributed by atoms with E-state index in [-0.39, 0.29) is 12.2 Å². The van der Waals surface area contributed by atoms with Crippen molar-refractivity contribution in [1.29, 1.82) is 5.26 Å². The smallest absolute Gasteiger partial charge is 0.163 e. The van der Waals surface area contributed by atoms with E-state index in [1.54, 1.807) is 26.0 Å². The molecule has 0 radical (unpaired) electrons. The number of nitrogens with one attached hydrogen (secondary N) is 1. The predicted molar refractivity (Wildman–Crippen MR) is 66.4 cm³/mol. The molecule has 1 aromatic heterocycles. The summed E-state index contributed by atoms with van der Waals surface area (Å²) in [5, 5.41) is 11.8. The van der Waals surface area contributed by atoms with Crippen molar-refractivity contribution in [2.75, 3.05) is 18.1 Å². The van der Waals surface area contributed by atoms with Crippen molar-refractivity contribution in [3.8, 4) is 6.07 Å². The van der Waals surface area contributed by atoms with E-state index in [1.807, 2.05) is 6.07 Å². The maximum Gasteiger partial charge on any atom is 0.163 e. The van der Waals surface area contributed by atoms with E-state index in [0.717, 1.165) is 0 Å². The number of hydrogen-bond donors (Lipinski definition) is 1. The average molecular weight is 253 g/mol. The highest BCUT2D eigenvalue weighted by Crippen LogP contribution is 2.18. The Labute approximate surface area is 101 Å². The Balaban J connectivity index is 2.86. The lowest BCUT2D eigenvalue weighted by molar-refractivity contribution is 0.560. The lowest BCUT2D eigenvalue weighted by atomic mass is 10.2. The highest BCUT2D eigenvalue weighted by atomic mass is 32.2. The van der Waals surface area contributed by atoms with Gasteiger partial charge in [-0.3, -0.25) is 0 Å². The molecular formula is C11H15N3O2S. The van der Waals surface area contributed by atoms with Crippen LogP contribution in [0.2, 0.25) is 0 Å². The van der Waals surface area contributed by atoms with E-state index in [9.17, 15) is 8.42 Å². The van der Waals surface area contributed by atoms with Crippen molar-refractivity contribution in [3.63, 3.8) is 0 Å². The molecule has 17 heavy (non-hydrogen) atoms. The first-order valence-corrected chi connectivity index (χ1v) is 6.95.